The van der Waals surface area contributed by atoms with Crippen LogP contribution in [0.25, 0.3) is 0 Å². The lowest BCUT2D eigenvalue weighted by Crippen LogP contribution is -2.30. The molecule has 2 nitrogen and oxygen atoms in total. The van der Waals surface area contributed by atoms with Gasteiger partial charge in [0.15, 0.2) is 0 Å². The first-order valence-corrected chi connectivity index (χ1v) is 4.86. The first kappa shape index (κ1) is 11.7. The van der Waals surface area contributed by atoms with Crippen LogP contribution in [0.2, 0.25) is 0 Å². The second-order valence-electron chi connectivity index (χ2n) is 3.62. The molecule has 0 heterocycles. The van der Waals surface area contributed by atoms with E-state index in [1.54, 1.807) is 0 Å². The minimum atomic E-state index is 0.358. The van der Waals surface area contributed by atoms with Crippen molar-refractivity contribution in [2.24, 2.45) is 5.92 Å². The van der Waals surface area contributed by atoms with Crippen LogP contribution in [0.5, 0.6) is 0 Å². The number of hydrogen-bond donors (Lipinski definition) is 1. The van der Waals surface area contributed by atoms with E-state index in [4.69, 9.17) is 17.0 Å². The minimum absolute atomic E-state index is 0.358. The summed E-state index contributed by atoms with van der Waals surface area (Å²) in [5.41, 5.74) is 0. The van der Waals surface area contributed by atoms with Gasteiger partial charge in [-0.25, -0.2) is 0 Å². The molecule has 12 heavy (non-hydrogen) atoms. The Hall–Kier alpha value is -0.310. The van der Waals surface area contributed by atoms with Crippen LogP contribution in [0.3, 0.4) is 0 Å². The van der Waals surface area contributed by atoms with Crippen molar-refractivity contribution in [1.82, 2.24) is 5.32 Å². The zero-order valence-electron chi connectivity index (χ0n) is 8.39. The van der Waals surface area contributed by atoms with E-state index in [-0.39, 0.29) is 0 Å². The van der Waals surface area contributed by atoms with Crippen LogP contribution in [0.4, 0.5) is 0 Å². The molecule has 0 aliphatic heterocycles. The molecule has 0 rings (SSSR count). The molecular weight excluding hydrogens is 170 g/mol. The van der Waals surface area contributed by atoms with E-state index < -0.39 is 0 Å². The Bertz CT molecular complexity index is 134. The molecule has 0 saturated carbocycles. The highest BCUT2D eigenvalue weighted by Crippen LogP contribution is 1.98. The topological polar surface area (TPSA) is 21.3 Å². The molecule has 3 heteroatoms. The summed E-state index contributed by atoms with van der Waals surface area (Å²) < 4.78 is 5.28. The highest BCUT2D eigenvalue weighted by atomic mass is 32.1. The third-order valence-electron chi connectivity index (χ3n) is 1.33. The predicted molar refractivity (Wildman–Crippen MR) is 56.3 cm³/mol. The van der Waals surface area contributed by atoms with E-state index in [1.807, 2.05) is 13.8 Å². The number of hydrogen-bond acceptors (Lipinski definition) is 2. The van der Waals surface area contributed by atoms with Crippen molar-refractivity contribution in [3.63, 3.8) is 0 Å². The molecule has 0 aliphatic carbocycles. The van der Waals surface area contributed by atoms with E-state index >= 15 is 0 Å². The molecule has 0 saturated heterocycles. The second kappa shape index (κ2) is 6.23. The lowest BCUT2D eigenvalue weighted by molar-refractivity contribution is 0.270. The molecule has 0 aromatic heterocycles. The van der Waals surface area contributed by atoms with Crippen molar-refractivity contribution >= 4 is 17.4 Å². The normalized spacial score (nSPS) is 10.5. The van der Waals surface area contributed by atoms with Crippen molar-refractivity contribution in [2.75, 3.05) is 6.61 Å². The van der Waals surface area contributed by atoms with Crippen molar-refractivity contribution in [3.8, 4) is 0 Å². The van der Waals surface area contributed by atoms with Gasteiger partial charge in [0.1, 0.15) is 0 Å². The third kappa shape index (κ3) is 7.79. The summed E-state index contributed by atoms with van der Waals surface area (Å²) in [6.07, 6.45) is 1.06. The molecule has 0 radical (unpaired) electrons. The average Bonchev–Trinajstić information content (AvgIpc) is 1.84. The van der Waals surface area contributed by atoms with Gasteiger partial charge < -0.3 is 10.1 Å². The molecule has 0 bridgehead atoms. The van der Waals surface area contributed by atoms with Crippen molar-refractivity contribution in [2.45, 2.75) is 40.2 Å². The lowest BCUT2D eigenvalue weighted by atomic mass is 10.1. The van der Waals surface area contributed by atoms with Gasteiger partial charge in [-0.15, -0.1) is 0 Å². The number of thiocarbonyl (C=S) groups is 1. The number of rotatable bonds is 4. The molecule has 0 unspecified atom stereocenters. The summed E-state index contributed by atoms with van der Waals surface area (Å²) in [5.74, 6) is 0.673. The zero-order chi connectivity index (χ0) is 9.56. The molecule has 0 aliphatic rings. The van der Waals surface area contributed by atoms with Gasteiger partial charge in [-0.05, 0) is 38.4 Å². The molecular formula is C9H19NOS. The van der Waals surface area contributed by atoms with E-state index in [1.165, 1.54) is 0 Å². The van der Waals surface area contributed by atoms with Crippen LogP contribution in [-0.4, -0.2) is 17.8 Å². The number of ether oxygens (including phenoxy) is 1. The van der Waals surface area contributed by atoms with Gasteiger partial charge in [0.25, 0.3) is 5.17 Å². The van der Waals surface area contributed by atoms with Crippen molar-refractivity contribution in [1.29, 1.82) is 0 Å². The van der Waals surface area contributed by atoms with E-state index in [9.17, 15) is 0 Å². The lowest BCUT2D eigenvalue weighted by Gasteiger charge is -2.12. The molecule has 1 N–H and O–H groups in total. The highest BCUT2D eigenvalue weighted by Gasteiger charge is 1.99. The predicted octanol–water partition coefficient (Wildman–Crippen LogP) is 2.33. The van der Waals surface area contributed by atoms with Gasteiger partial charge >= 0.3 is 0 Å². The summed E-state index contributed by atoms with van der Waals surface area (Å²) in [4.78, 5) is 0. The molecule has 0 aromatic carbocycles. The zero-order valence-corrected chi connectivity index (χ0v) is 9.20. The van der Waals surface area contributed by atoms with Crippen LogP contribution in [0.1, 0.15) is 34.1 Å². The fourth-order valence-electron chi connectivity index (χ4n) is 0.665. The van der Waals surface area contributed by atoms with Crippen molar-refractivity contribution in [3.05, 3.63) is 0 Å². The molecule has 0 aromatic rings. The Balaban J connectivity index is 3.32. The maximum atomic E-state index is 5.28. The van der Waals surface area contributed by atoms with Gasteiger partial charge in [0, 0.05) is 6.04 Å². The quantitative estimate of drug-likeness (QED) is 0.686. The molecule has 0 spiro atoms. The Morgan fingerprint density at radius 2 is 1.92 bits per heavy atom. The van der Waals surface area contributed by atoms with Crippen LogP contribution >= 0.6 is 12.2 Å². The molecule has 0 atom stereocenters. The van der Waals surface area contributed by atoms with Gasteiger partial charge in [0.05, 0.1) is 6.61 Å². The van der Waals surface area contributed by atoms with Crippen LogP contribution in [0, 0.1) is 5.92 Å². The van der Waals surface area contributed by atoms with Crippen LogP contribution < -0.4 is 5.32 Å². The fourth-order valence-corrected chi connectivity index (χ4v) is 0.984. The summed E-state index contributed by atoms with van der Waals surface area (Å²) in [5, 5.41) is 3.54. The summed E-state index contributed by atoms with van der Waals surface area (Å²) in [6, 6.07) is 0.358. The highest BCUT2D eigenvalue weighted by molar-refractivity contribution is 7.80. The Labute approximate surface area is 80.7 Å². The van der Waals surface area contributed by atoms with Gasteiger partial charge in [0.2, 0.25) is 0 Å². The Kier molecular flexibility index (Phi) is 6.07. The maximum absolute atomic E-state index is 5.28. The van der Waals surface area contributed by atoms with E-state index in [0.717, 1.165) is 13.0 Å². The Morgan fingerprint density at radius 3 is 2.33 bits per heavy atom. The Morgan fingerprint density at radius 1 is 1.33 bits per heavy atom. The number of nitrogens with one attached hydrogen (secondary N) is 1. The molecule has 0 fully saturated rings. The smallest absolute Gasteiger partial charge is 0.256 e. The van der Waals surface area contributed by atoms with Gasteiger partial charge in [-0.2, -0.15) is 0 Å². The molecule has 72 valence electrons. The van der Waals surface area contributed by atoms with Crippen molar-refractivity contribution < 1.29 is 4.74 Å². The first-order chi connectivity index (χ1) is 5.52. The average molecular weight is 189 g/mol. The third-order valence-corrected chi connectivity index (χ3v) is 1.57. The summed E-state index contributed by atoms with van der Waals surface area (Å²) in [6.45, 7) is 9.14. The monoisotopic (exact) mass is 189 g/mol. The molecule has 0 amide bonds. The maximum Gasteiger partial charge on any atom is 0.256 e. The largest absolute Gasteiger partial charge is 0.471 e. The minimum Gasteiger partial charge on any atom is -0.471 e. The fraction of sp³-hybridized carbons (Fsp3) is 0.889. The SMILES string of the molecule is CC(C)CCOC(=S)NC(C)C. The van der Waals surface area contributed by atoms with Gasteiger partial charge in [-0.3, -0.25) is 0 Å². The summed E-state index contributed by atoms with van der Waals surface area (Å²) in [7, 11) is 0. The van der Waals surface area contributed by atoms with Gasteiger partial charge in [-0.1, -0.05) is 13.8 Å². The second-order valence-corrected chi connectivity index (χ2v) is 3.99. The van der Waals surface area contributed by atoms with Crippen LogP contribution in [-0.2, 0) is 4.74 Å². The summed E-state index contributed by atoms with van der Waals surface area (Å²) >= 11 is 4.95. The van der Waals surface area contributed by atoms with E-state index in [2.05, 4.69) is 19.2 Å². The van der Waals surface area contributed by atoms with E-state index in [0.29, 0.717) is 17.1 Å². The first-order valence-electron chi connectivity index (χ1n) is 4.45. The van der Waals surface area contributed by atoms with Crippen LogP contribution in [0.15, 0.2) is 0 Å². The standard InChI is InChI=1S/C9H19NOS/c1-7(2)5-6-11-9(12)10-8(3)4/h7-8H,5-6H2,1-4H3,(H,10,12).